The lowest BCUT2D eigenvalue weighted by Gasteiger charge is -2.33. The third-order valence-electron chi connectivity index (χ3n) is 2.88. The molecule has 0 bridgehead atoms. The molecule has 1 rings (SSSR count). The van der Waals surface area contributed by atoms with Gasteiger partial charge >= 0.3 is 0 Å². The normalized spacial score (nSPS) is 22.7. The fourth-order valence-electron chi connectivity index (χ4n) is 1.98. The van der Waals surface area contributed by atoms with Crippen molar-refractivity contribution < 1.29 is 9.90 Å². The molecule has 4 heteroatoms. The van der Waals surface area contributed by atoms with Crippen molar-refractivity contribution in [1.29, 1.82) is 0 Å². The van der Waals surface area contributed by atoms with Crippen LogP contribution in [0.3, 0.4) is 0 Å². The summed E-state index contributed by atoms with van der Waals surface area (Å²) >= 11 is 0. The smallest absolute Gasteiger partial charge is 0.234 e. The van der Waals surface area contributed by atoms with Crippen molar-refractivity contribution >= 4 is 5.91 Å². The number of hydrogen-bond acceptors (Lipinski definition) is 3. The molecular weight excluding hydrogens is 192 g/mol. The summed E-state index contributed by atoms with van der Waals surface area (Å²) in [4.78, 5) is 13.6. The second-order valence-electron chi connectivity index (χ2n) is 4.15. The van der Waals surface area contributed by atoms with Crippen LogP contribution in [0.4, 0.5) is 0 Å². The first-order valence-corrected chi connectivity index (χ1v) is 5.89. The largest absolute Gasteiger partial charge is 0.395 e. The van der Waals surface area contributed by atoms with Crippen LogP contribution >= 0.6 is 0 Å². The van der Waals surface area contributed by atoms with Crippen LogP contribution in [0, 0.1) is 0 Å². The minimum Gasteiger partial charge on any atom is -0.395 e. The van der Waals surface area contributed by atoms with E-state index in [1.165, 1.54) is 0 Å². The van der Waals surface area contributed by atoms with Crippen molar-refractivity contribution in [1.82, 2.24) is 10.2 Å². The van der Waals surface area contributed by atoms with E-state index >= 15 is 0 Å². The zero-order valence-electron chi connectivity index (χ0n) is 9.54. The number of carbonyl (C=O) groups excluding carboxylic acids is 1. The molecule has 88 valence electrons. The van der Waals surface area contributed by atoms with Crippen LogP contribution < -0.4 is 5.32 Å². The number of nitrogens with zero attached hydrogens (tertiary/aromatic N) is 1. The van der Waals surface area contributed by atoms with Gasteiger partial charge in [-0.15, -0.1) is 0 Å². The summed E-state index contributed by atoms with van der Waals surface area (Å²) in [5.74, 6) is 0.0807. The summed E-state index contributed by atoms with van der Waals surface area (Å²) in [5, 5.41) is 12.0. The molecule has 0 radical (unpaired) electrons. The van der Waals surface area contributed by atoms with Crippen LogP contribution in [0.25, 0.3) is 0 Å². The molecule has 0 spiro atoms. The van der Waals surface area contributed by atoms with E-state index in [9.17, 15) is 9.90 Å². The van der Waals surface area contributed by atoms with Crippen LogP contribution in [-0.2, 0) is 4.79 Å². The standard InChI is InChI=1S/C11H22N2O2/c1-2-6-12-11(15)8-13-7-4-3-5-10(13)9-14/h10,14H,2-9H2,1H3,(H,12,15). The molecule has 0 aliphatic carbocycles. The summed E-state index contributed by atoms with van der Waals surface area (Å²) < 4.78 is 0. The third kappa shape index (κ3) is 4.18. The molecule has 1 unspecified atom stereocenters. The highest BCUT2D eigenvalue weighted by molar-refractivity contribution is 5.78. The molecule has 1 saturated heterocycles. The Kier molecular flexibility index (Phi) is 5.65. The van der Waals surface area contributed by atoms with Gasteiger partial charge < -0.3 is 10.4 Å². The molecule has 1 aliphatic heterocycles. The van der Waals surface area contributed by atoms with Gasteiger partial charge in [-0.05, 0) is 25.8 Å². The SMILES string of the molecule is CCCNC(=O)CN1CCCCC1CO. The molecule has 0 aromatic heterocycles. The Bertz CT molecular complexity index is 197. The number of piperidine rings is 1. The van der Waals surface area contributed by atoms with Gasteiger partial charge in [-0.2, -0.15) is 0 Å². The first-order chi connectivity index (χ1) is 7.27. The van der Waals surface area contributed by atoms with Crippen molar-refractivity contribution in [3.63, 3.8) is 0 Å². The maximum Gasteiger partial charge on any atom is 0.234 e. The molecule has 0 saturated carbocycles. The number of amides is 1. The lowest BCUT2D eigenvalue weighted by molar-refractivity contribution is -0.123. The van der Waals surface area contributed by atoms with Gasteiger partial charge in [0.15, 0.2) is 0 Å². The summed E-state index contributed by atoms with van der Waals surface area (Å²) in [5.41, 5.74) is 0. The highest BCUT2D eigenvalue weighted by Gasteiger charge is 2.23. The topological polar surface area (TPSA) is 52.6 Å². The molecule has 1 amide bonds. The van der Waals surface area contributed by atoms with Gasteiger partial charge in [0.25, 0.3) is 0 Å². The predicted octanol–water partition coefficient (Wildman–Crippen LogP) is 0.359. The average molecular weight is 214 g/mol. The minimum absolute atomic E-state index is 0.0807. The van der Waals surface area contributed by atoms with Gasteiger partial charge in [-0.25, -0.2) is 0 Å². The monoisotopic (exact) mass is 214 g/mol. The fourth-order valence-corrected chi connectivity index (χ4v) is 1.98. The van der Waals surface area contributed by atoms with E-state index in [-0.39, 0.29) is 18.6 Å². The second kappa shape index (κ2) is 6.80. The maximum atomic E-state index is 11.5. The van der Waals surface area contributed by atoms with Crippen LogP contribution in [0.15, 0.2) is 0 Å². The Hall–Kier alpha value is -0.610. The molecule has 0 aromatic rings. The van der Waals surface area contributed by atoms with Crippen molar-refractivity contribution in [2.24, 2.45) is 0 Å². The quantitative estimate of drug-likeness (QED) is 0.695. The Labute approximate surface area is 91.6 Å². The van der Waals surface area contributed by atoms with Gasteiger partial charge in [0.2, 0.25) is 5.91 Å². The zero-order valence-corrected chi connectivity index (χ0v) is 9.54. The van der Waals surface area contributed by atoms with E-state index in [1.807, 2.05) is 6.92 Å². The number of carbonyl (C=O) groups is 1. The summed E-state index contributed by atoms with van der Waals surface area (Å²) in [6.07, 6.45) is 4.28. The van der Waals surface area contributed by atoms with Gasteiger partial charge in [0, 0.05) is 12.6 Å². The van der Waals surface area contributed by atoms with Gasteiger partial charge in [-0.1, -0.05) is 13.3 Å². The Balaban J connectivity index is 2.30. The van der Waals surface area contributed by atoms with E-state index in [0.29, 0.717) is 6.54 Å². The van der Waals surface area contributed by atoms with Gasteiger partial charge in [-0.3, -0.25) is 9.69 Å². The first kappa shape index (κ1) is 12.5. The summed E-state index contributed by atoms with van der Waals surface area (Å²) in [6, 6.07) is 0.186. The Morgan fingerprint density at radius 3 is 3.00 bits per heavy atom. The number of likely N-dealkylation sites (tertiary alicyclic amines) is 1. The molecule has 1 atom stereocenters. The lowest BCUT2D eigenvalue weighted by atomic mass is 10.0. The predicted molar refractivity (Wildman–Crippen MR) is 59.6 cm³/mol. The van der Waals surface area contributed by atoms with Gasteiger partial charge in [0.05, 0.1) is 13.2 Å². The molecule has 4 nitrogen and oxygen atoms in total. The van der Waals surface area contributed by atoms with E-state index in [2.05, 4.69) is 10.2 Å². The van der Waals surface area contributed by atoms with Crippen molar-refractivity contribution in [3.05, 3.63) is 0 Å². The average Bonchev–Trinajstić information content (AvgIpc) is 2.27. The lowest BCUT2D eigenvalue weighted by Crippen LogP contribution is -2.47. The Morgan fingerprint density at radius 2 is 2.33 bits per heavy atom. The van der Waals surface area contributed by atoms with E-state index < -0.39 is 0 Å². The van der Waals surface area contributed by atoms with E-state index in [1.54, 1.807) is 0 Å². The number of hydrogen-bond donors (Lipinski definition) is 2. The van der Waals surface area contributed by atoms with Crippen LogP contribution in [0.5, 0.6) is 0 Å². The molecule has 2 N–H and O–H groups in total. The molecule has 0 aromatic carbocycles. The van der Waals surface area contributed by atoms with E-state index in [4.69, 9.17) is 0 Å². The number of aliphatic hydroxyl groups is 1. The summed E-state index contributed by atoms with van der Waals surface area (Å²) in [6.45, 7) is 4.32. The molecule has 1 heterocycles. The maximum absolute atomic E-state index is 11.5. The van der Waals surface area contributed by atoms with Crippen molar-refractivity contribution in [3.8, 4) is 0 Å². The zero-order chi connectivity index (χ0) is 11.1. The molecule has 1 aliphatic rings. The number of nitrogens with one attached hydrogen (secondary N) is 1. The summed E-state index contributed by atoms with van der Waals surface area (Å²) in [7, 11) is 0. The highest BCUT2D eigenvalue weighted by atomic mass is 16.3. The van der Waals surface area contributed by atoms with Crippen molar-refractivity contribution in [2.45, 2.75) is 38.6 Å². The van der Waals surface area contributed by atoms with Crippen LogP contribution in [0.1, 0.15) is 32.6 Å². The fraction of sp³-hybridized carbons (Fsp3) is 0.909. The third-order valence-corrected chi connectivity index (χ3v) is 2.88. The molecular formula is C11H22N2O2. The van der Waals surface area contributed by atoms with Crippen molar-refractivity contribution in [2.75, 3.05) is 26.2 Å². The van der Waals surface area contributed by atoms with Crippen LogP contribution in [0.2, 0.25) is 0 Å². The minimum atomic E-state index is 0.0807. The second-order valence-corrected chi connectivity index (χ2v) is 4.15. The number of aliphatic hydroxyl groups excluding tert-OH is 1. The Morgan fingerprint density at radius 1 is 1.53 bits per heavy atom. The van der Waals surface area contributed by atoms with Gasteiger partial charge in [0.1, 0.15) is 0 Å². The highest BCUT2D eigenvalue weighted by Crippen LogP contribution is 2.15. The first-order valence-electron chi connectivity index (χ1n) is 5.89. The van der Waals surface area contributed by atoms with E-state index in [0.717, 1.165) is 38.8 Å². The van der Waals surface area contributed by atoms with Crippen LogP contribution in [-0.4, -0.2) is 48.2 Å². The number of rotatable bonds is 5. The molecule has 1 fully saturated rings. The molecule has 15 heavy (non-hydrogen) atoms.